The number of aromatic amines is 1. The molecule has 0 amide bonds. The Balaban J connectivity index is 2.41. The smallest absolute Gasteiger partial charge is 0.122 e. The number of nitrogens with one attached hydrogen (secondary N) is 1. The van der Waals surface area contributed by atoms with Crippen LogP contribution < -0.4 is 0 Å². The Kier molecular flexibility index (Phi) is 3.55. The Labute approximate surface area is 128 Å². The monoisotopic (exact) mass is 290 g/mol. The first kappa shape index (κ1) is 13.5. The van der Waals surface area contributed by atoms with E-state index >= 15 is 0 Å². The lowest BCUT2D eigenvalue weighted by Gasteiger charge is -2.10. The van der Waals surface area contributed by atoms with E-state index in [9.17, 15) is 5.26 Å². The van der Waals surface area contributed by atoms with Crippen LogP contribution in [-0.2, 0) is 6.42 Å². The Bertz CT molecular complexity index is 911. The maximum absolute atomic E-state index is 9.46. The fourth-order valence-corrected chi connectivity index (χ4v) is 2.87. The van der Waals surface area contributed by atoms with E-state index in [1.807, 2.05) is 30.3 Å². The molecule has 1 N–H and O–H groups in total. The minimum absolute atomic E-state index is 0.514. The third kappa shape index (κ3) is 2.35. The first-order valence-corrected chi connectivity index (χ1v) is 7.30. The van der Waals surface area contributed by atoms with Gasteiger partial charge in [0.2, 0.25) is 0 Å². The van der Waals surface area contributed by atoms with Crippen molar-refractivity contribution < 1.29 is 0 Å². The zero-order valence-corrected chi connectivity index (χ0v) is 12.5. The summed E-state index contributed by atoms with van der Waals surface area (Å²) in [6, 6.07) is 18.6. The predicted molar refractivity (Wildman–Crippen MR) is 88.7 cm³/mol. The van der Waals surface area contributed by atoms with Crippen LogP contribution in [0.25, 0.3) is 21.9 Å². The molecule has 3 rings (SSSR count). The number of nitriles is 1. The summed E-state index contributed by atoms with van der Waals surface area (Å²) < 4.78 is 0.514. The van der Waals surface area contributed by atoms with Crippen LogP contribution in [-0.4, -0.2) is 4.98 Å². The summed E-state index contributed by atoms with van der Waals surface area (Å²) in [7, 11) is 0. The zero-order chi connectivity index (χ0) is 14.8. The Morgan fingerprint density at radius 2 is 1.86 bits per heavy atom. The first-order chi connectivity index (χ1) is 10.2. The van der Waals surface area contributed by atoms with Crippen molar-refractivity contribution in [3.63, 3.8) is 0 Å². The largest absolute Gasteiger partial charge is 0.349 e. The lowest BCUT2D eigenvalue weighted by atomic mass is 9.95. The molecule has 0 saturated heterocycles. The predicted octanol–water partition coefficient (Wildman–Crippen LogP) is 5.00. The third-order valence-corrected chi connectivity index (χ3v) is 3.97. The molecule has 0 saturated carbocycles. The summed E-state index contributed by atoms with van der Waals surface area (Å²) in [5.74, 6) is 0. The number of hydrogen-bond acceptors (Lipinski definition) is 2. The van der Waals surface area contributed by atoms with E-state index in [4.69, 9.17) is 12.2 Å². The maximum Gasteiger partial charge on any atom is 0.122 e. The second-order valence-electron chi connectivity index (χ2n) is 4.90. The van der Waals surface area contributed by atoms with Gasteiger partial charge in [0.05, 0.1) is 5.56 Å². The summed E-state index contributed by atoms with van der Waals surface area (Å²) in [6.07, 6.45) is 0.854. The van der Waals surface area contributed by atoms with Gasteiger partial charge in [0.15, 0.2) is 0 Å². The molecule has 21 heavy (non-hydrogen) atoms. The number of H-pyrrole nitrogens is 1. The number of rotatable bonds is 2. The number of benzene rings is 2. The van der Waals surface area contributed by atoms with Crippen LogP contribution in [0.15, 0.2) is 48.5 Å². The molecular formula is C18H14N2S. The van der Waals surface area contributed by atoms with Crippen LogP contribution in [0.4, 0.5) is 0 Å². The highest BCUT2D eigenvalue weighted by atomic mass is 32.1. The highest BCUT2D eigenvalue weighted by Gasteiger charge is 2.11. The van der Waals surface area contributed by atoms with Crippen molar-refractivity contribution in [3.05, 3.63) is 64.4 Å². The summed E-state index contributed by atoms with van der Waals surface area (Å²) in [5.41, 5.74) is 3.55. The first-order valence-electron chi connectivity index (χ1n) is 6.89. The zero-order valence-electron chi connectivity index (χ0n) is 11.7. The van der Waals surface area contributed by atoms with Gasteiger partial charge in [-0.05, 0) is 28.8 Å². The second-order valence-corrected chi connectivity index (χ2v) is 5.31. The van der Waals surface area contributed by atoms with Crippen molar-refractivity contribution in [1.29, 1.82) is 5.26 Å². The highest BCUT2D eigenvalue weighted by Crippen LogP contribution is 2.31. The fourth-order valence-electron chi connectivity index (χ4n) is 2.59. The van der Waals surface area contributed by atoms with E-state index in [-0.39, 0.29) is 0 Å². The lowest BCUT2D eigenvalue weighted by molar-refractivity contribution is 1.03. The van der Waals surface area contributed by atoms with Gasteiger partial charge in [0.1, 0.15) is 10.7 Å². The quantitative estimate of drug-likeness (QED) is 0.675. The van der Waals surface area contributed by atoms with E-state index in [0.717, 1.165) is 34.0 Å². The summed E-state index contributed by atoms with van der Waals surface area (Å²) in [4.78, 5) is 3.13. The average molecular weight is 290 g/mol. The normalized spacial score (nSPS) is 10.5. The molecule has 0 aliphatic rings. The highest BCUT2D eigenvalue weighted by molar-refractivity contribution is 7.71. The van der Waals surface area contributed by atoms with Gasteiger partial charge in [-0.1, -0.05) is 61.6 Å². The van der Waals surface area contributed by atoms with Crippen LogP contribution in [0, 0.1) is 16.0 Å². The minimum Gasteiger partial charge on any atom is -0.349 e. The topological polar surface area (TPSA) is 39.6 Å². The molecule has 0 bridgehead atoms. The van der Waals surface area contributed by atoms with Crippen molar-refractivity contribution >= 4 is 23.0 Å². The molecule has 0 aliphatic carbocycles. The summed E-state index contributed by atoms with van der Waals surface area (Å²) in [6.45, 7) is 2.07. The molecule has 2 nitrogen and oxygen atoms in total. The number of nitrogens with zero attached hydrogens (tertiary/aromatic N) is 1. The van der Waals surface area contributed by atoms with Crippen LogP contribution in [0.1, 0.15) is 18.2 Å². The Morgan fingerprint density at radius 3 is 2.62 bits per heavy atom. The molecule has 3 aromatic rings. The van der Waals surface area contributed by atoms with E-state index < -0.39 is 0 Å². The van der Waals surface area contributed by atoms with Crippen molar-refractivity contribution in [2.45, 2.75) is 13.3 Å². The summed E-state index contributed by atoms with van der Waals surface area (Å²) in [5, 5.41) is 11.8. The van der Waals surface area contributed by atoms with Gasteiger partial charge >= 0.3 is 0 Å². The number of aromatic nitrogens is 1. The maximum atomic E-state index is 9.46. The number of hydrogen-bond donors (Lipinski definition) is 1. The van der Waals surface area contributed by atoms with Gasteiger partial charge in [-0.2, -0.15) is 5.26 Å². The number of aryl methyl sites for hydroxylation is 1. The van der Waals surface area contributed by atoms with Crippen LogP contribution in [0.2, 0.25) is 0 Å². The molecule has 0 unspecified atom stereocenters. The molecule has 0 radical (unpaired) electrons. The van der Waals surface area contributed by atoms with Gasteiger partial charge in [-0.3, -0.25) is 0 Å². The van der Waals surface area contributed by atoms with Gasteiger partial charge in [-0.25, -0.2) is 0 Å². The third-order valence-electron chi connectivity index (χ3n) is 3.66. The van der Waals surface area contributed by atoms with Crippen molar-refractivity contribution in [3.8, 4) is 17.2 Å². The molecule has 102 valence electrons. The molecule has 0 atom stereocenters. The van der Waals surface area contributed by atoms with Crippen LogP contribution in [0.3, 0.4) is 0 Å². The van der Waals surface area contributed by atoms with Crippen molar-refractivity contribution in [2.75, 3.05) is 0 Å². The van der Waals surface area contributed by atoms with E-state index in [0.29, 0.717) is 10.2 Å². The standard InChI is InChI=1S/C18H14N2S/c1-2-13-10-16(17(11-19)18(21)20-13)15-9-5-7-12-6-3-4-8-14(12)15/h3-10H,2H2,1H3,(H,20,21). The number of pyridine rings is 1. The molecule has 1 heterocycles. The summed E-state index contributed by atoms with van der Waals surface area (Å²) >= 11 is 5.34. The van der Waals surface area contributed by atoms with E-state index in [2.05, 4.69) is 36.2 Å². The minimum atomic E-state index is 0.514. The van der Waals surface area contributed by atoms with Crippen LogP contribution in [0.5, 0.6) is 0 Å². The molecule has 3 heteroatoms. The van der Waals surface area contributed by atoms with Gasteiger partial charge in [0.25, 0.3) is 0 Å². The van der Waals surface area contributed by atoms with Crippen molar-refractivity contribution in [2.24, 2.45) is 0 Å². The fraction of sp³-hybridized carbons (Fsp3) is 0.111. The van der Waals surface area contributed by atoms with Crippen molar-refractivity contribution in [1.82, 2.24) is 4.98 Å². The van der Waals surface area contributed by atoms with Gasteiger partial charge in [0, 0.05) is 11.3 Å². The average Bonchev–Trinajstić information content (AvgIpc) is 2.53. The Hall–Kier alpha value is -2.44. The molecule has 1 aromatic heterocycles. The molecule has 2 aromatic carbocycles. The van der Waals surface area contributed by atoms with E-state index in [1.54, 1.807) is 0 Å². The lowest BCUT2D eigenvalue weighted by Crippen LogP contribution is -1.95. The van der Waals surface area contributed by atoms with Crippen LogP contribution >= 0.6 is 12.2 Å². The SMILES string of the molecule is CCc1cc(-c2cccc3ccccc23)c(C#N)c(=S)[nH]1. The van der Waals surface area contributed by atoms with Gasteiger partial charge < -0.3 is 4.98 Å². The molecular weight excluding hydrogens is 276 g/mol. The molecule has 0 aliphatic heterocycles. The molecule has 0 spiro atoms. The molecule has 0 fully saturated rings. The van der Waals surface area contributed by atoms with E-state index in [1.165, 1.54) is 0 Å². The number of fused-ring (bicyclic) bond motifs is 1. The Morgan fingerprint density at radius 1 is 1.10 bits per heavy atom. The van der Waals surface area contributed by atoms with Gasteiger partial charge in [-0.15, -0.1) is 0 Å². The second kappa shape index (κ2) is 5.51.